The summed E-state index contributed by atoms with van der Waals surface area (Å²) in [6.45, 7) is 1.12. The minimum atomic E-state index is -4.43. The number of ketones is 1. The van der Waals surface area contributed by atoms with Crippen molar-refractivity contribution in [1.82, 2.24) is 19.7 Å². The van der Waals surface area contributed by atoms with Crippen LogP contribution in [0.1, 0.15) is 15.9 Å². The summed E-state index contributed by atoms with van der Waals surface area (Å²) in [7, 11) is -3.57. The van der Waals surface area contributed by atoms with Crippen LogP contribution in [0.2, 0.25) is 5.15 Å². The molecular formula is C28H31ClN4O9S2. The second kappa shape index (κ2) is 11.8. The van der Waals surface area contributed by atoms with Crippen molar-refractivity contribution in [3.8, 4) is 22.6 Å². The fourth-order valence-corrected chi connectivity index (χ4v) is 6.62. The highest BCUT2D eigenvalue weighted by Gasteiger charge is 2.57. The lowest BCUT2D eigenvalue weighted by atomic mass is 9.86. The molecule has 4 aromatic rings. The molecular weight excluding hydrogens is 636 g/mol. The summed E-state index contributed by atoms with van der Waals surface area (Å²) in [6, 6.07) is 9.98. The largest absolute Gasteiger partial charge is 0.497 e. The van der Waals surface area contributed by atoms with E-state index in [1.165, 1.54) is 19.2 Å². The standard InChI is InChI=1S/C28H31ClN4O9S2/c1-32(2)10-11-33-16-22(20-8-6-17(14-24(20)33)21-15-30-31-27(21)29)26(34)23-13-18-12-19(39-3)7-9-25(18)40-28(23,41-43(4,35)36)42-44(5,37)38/h6-9,12,14-16,23H,10-11,13H2,1-5H3,(H,30,31)/t23-/m0/s1. The fourth-order valence-electron chi connectivity index (χ4n) is 5.16. The van der Waals surface area contributed by atoms with Gasteiger partial charge in [-0.15, -0.1) is 0 Å². The Bertz CT molecular complexity index is 1920. The van der Waals surface area contributed by atoms with Crippen molar-refractivity contribution in [1.29, 1.82) is 0 Å². The molecule has 44 heavy (non-hydrogen) atoms. The van der Waals surface area contributed by atoms with Gasteiger partial charge in [-0.1, -0.05) is 23.7 Å². The molecule has 2 aromatic heterocycles. The zero-order chi connectivity index (χ0) is 32.0. The summed E-state index contributed by atoms with van der Waals surface area (Å²) in [5.41, 5.74) is 2.73. The number of rotatable bonds is 11. The predicted octanol–water partition coefficient (Wildman–Crippen LogP) is 3.30. The number of nitrogens with zero attached hydrogens (tertiary/aromatic N) is 3. The molecule has 0 bridgehead atoms. The van der Waals surface area contributed by atoms with Crippen LogP contribution in [-0.2, 0) is 41.6 Å². The summed E-state index contributed by atoms with van der Waals surface area (Å²) in [5.74, 6) is -4.58. The van der Waals surface area contributed by atoms with Crippen LogP contribution in [0.4, 0.5) is 0 Å². The highest BCUT2D eigenvalue weighted by molar-refractivity contribution is 7.86. The first-order valence-electron chi connectivity index (χ1n) is 13.3. The zero-order valence-corrected chi connectivity index (χ0v) is 26.9. The molecule has 5 rings (SSSR count). The van der Waals surface area contributed by atoms with E-state index in [4.69, 9.17) is 29.4 Å². The average molecular weight is 667 g/mol. The van der Waals surface area contributed by atoms with E-state index >= 15 is 0 Å². The SMILES string of the molecule is COc1ccc2c(c1)C[C@@H](C(=O)c1cn(CCN(C)C)c3cc(-c4cn[nH]c4Cl)ccc13)C(OS(C)(=O)=O)(OS(C)(=O)=O)O2. The maximum atomic E-state index is 14.6. The molecule has 0 spiro atoms. The second-order valence-corrected chi connectivity index (χ2v) is 14.3. The first-order chi connectivity index (χ1) is 20.6. The maximum absolute atomic E-state index is 14.6. The Morgan fingerprint density at radius 3 is 2.43 bits per heavy atom. The number of hydrogen-bond donors (Lipinski definition) is 1. The van der Waals surface area contributed by atoms with Crippen molar-refractivity contribution in [3.05, 3.63) is 65.1 Å². The number of fused-ring (bicyclic) bond motifs is 2. The highest BCUT2D eigenvalue weighted by Crippen LogP contribution is 2.44. The van der Waals surface area contributed by atoms with Gasteiger partial charge in [-0.3, -0.25) is 9.89 Å². The minimum Gasteiger partial charge on any atom is -0.497 e. The average Bonchev–Trinajstić information content (AvgIpc) is 3.51. The van der Waals surface area contributed by atoms with Gasteiger partial charge in [0.2, 0.25) is 0 Å². The van der Waals surface area contributed by atoms with Crippen molar-refractivity contribution < 1.29 is 39.5 Å². The first-order valence-corrected chi connectivity index (χ1v) is 17.3. The number of nitrogens with one attached hydrogen (secondary N) is 1. The number of H-pyrrole nitrogens is 1. The van der Waals surface area contributed by atoms with Crippen LogP contribution in [-0.4, -0.2) is 88.5 Å². The van der Waals surface area contributed by atoms with Gasteiger partial charge in [-0.05, 0) is 55.9 Å². The Morgan fingerprint density at radius 1 is 1.14 bits per heavy atom. The number of Topliss-reactive ketones (excluding diaryl/α,β-unsaturated/α-hetero) is 1. The van der Waals surface area contributed by atoms with Gasteiger partial charge in [0, 0.05) is 41.3 Å². The Morgan fingerprint density at radius 2 is 1.84 bits per heavy atom. The topological polar surface area (TPSA) is 159 Å². The number of methoxy groups -OCH3 is 1. The number of likely N-dealkylation sites (N-methyl/N-ethyl adjacent to an activating group) is 1. The van der Waals surface area contributed by atoms with Gasteiger partial charge in [-0.25, -0.2) is 0 Å². The van der Waals surface area contributed by atoms with Gasteiger partial charge in [-0.2, -0.15) is 30.3 Å². The maximum Gasteiger partial charge on any atom is 0.366 e. The molecule has 0 saturated heterocycles. The fraction of sp³-hybridized carbons (Fsp3) is 0.357. The first kappa shape index (κ1) is 31.9. The van der Waals surface area contributed by atoms with E-state index in [0.717, 1.165) is 5.56 Å². The van der Waals surface area contributed by atoms with Crippen molar-refractivity contribution >= 4 is 48.5 Å². The minimum absolute atomic E-state index is 0.0668. The molecule has 3 heterocycles. The Kier molecular flexibility index (Phi) is 8.56. The molecule has 0 aliphatic carbocycles. The number of hydrogen-bond acceptors (Lipinski definition) is 11. The molecule has 0 fully saturated rings. The molecule has 1 aliphatic rings. The van der Waals surface area contributed by atoms with Crippen LogP contribution >= 0.6 is 11.6 Å². The van der Waals surface area contributed by atoms with Crippen molar-refractivity contribution in [2.75, 3.05) is 40.3 Å². The molecule has 16 heteroatoms. The van der Waals surface area contributed by atoms with Gasteiger partial charge in [0.1, 0.15) is 22.6 Å². The van der Waals surface area contributed by atoms with Crippen molar-refractivity contribution in [2.24, 2.45) is 5.92 Å². The number of aromatic amines is 1. The van der Waals surface area contributed by atoms with Gasteiger partial charge in [0.25, 0.3) is 20.2 Å². The number of halogens is 1. The van der Waals surface area contributed by atoms with E-state index in [2.05, 4.69) is 10.2 Å². The summed E-state index contributed by atoms with van der Waals surface area (Å²) in [5, 5.41) is 7.56. The molecule has 1 atom stereocenters. The van der Waals surface area contributed by atoms with E-state index in [9.17, 15) is 21.6 Å². The second-order valence-electron chi connectivity index (χ2n) is 10.7. The third-order valence-electron chi connectivity index (χ3n) is 7.06. The normalized spacial score (nSPS) is 16.6. The molecule has 236 valence electrons. The molecule has 0 unspecified atom stereocenters. The van der Waals surface area contributed by atoms with Gasteiger partial charge in [0.05, 0.1) is 25.8 Å². The number of ether oxygens (including phenoxy) is 2. The summed E-state index contributed by atoms with van der Waals surface area (Å²) in [4.78, 5) is 16.5. The number of aromatic nitrogens is 3. The van der Waals surface area contributed by atoms with E-state index in [1.54, 1.807) is 30.6 Å². The summed E-state index contributed by atoms with van der Waals surface area (Å²) >= 11 is 6.29. The van der Waals surface area contributed by atoms with Crippen LogP contribution in [0, 0.1) is 5.92 Å². The molecule has 2 aromatic carbocycles. The smallest absolute Gasteiger partial charge is 0.366 e. The van der Waals surface area contributed by atoms with Crippen molar-refractivity contribution in [3.63, 3.8) is 0 Å². The predicted molar refractivity (Wildman–Crippen MR) is 163 cm³/mol. The van der Waals surface area contributed by atoms with E-state index in [1.807, 2.05) is 29.6 Å². The summed E-state index contributed by atoms with van der Waals surface area (Å²) in [6.07, 6.45) is 4.47. The van der Waals surface area contributed by atoms with Crippen LogP contribution < -0.4 is 9.47 Å². The van der Waals surface area contributed by atoms with Crippen LogP contribution in [0.5, 0.6) is 11.5 Å². The van der Waals surface area contributed by atoms with E-state index < -0.39 is 37.9 Å². The highest BCUT2D eigenvalue weighted by atomic mass is 35.5. The van der Waals surface area contributed by atoms with Crippen LogP contribution in [0.3, 0.4) is 0 Å². The lowest BCUT2D eigenvalue weighted by molar-refractivity contribution is -0.275. The molecule has 13 nitrogen and oxygen atoms in total. The lowest BCUT2D eigenvalue weighted by Crippen LogP contribution is -2.56. The quantitative estimate of drug-likeness (QED) is 0.142. The number of carbonyl (C=O) groups is 1. The summed E-state index contributed by atoms with van der Waals surface area (Å²) < 4.78 is 73.6. The van der Waals surface area contributed by atoms with Gasteiger partial charge >= 0.3 is 5.97 Å². The molecule has 0 saturated carbocycles. The molecule has 0 amide bonds. The Balaban J connectivity index is 1.70. The third-order valence-corrected chi connectivity index (χ3v) is 8.42. The number of carbonyl (C=O) groups excluding carboxylic acids is 1. The molecule has 1 N–H and O–H groups in total. The van der Waals surface area contributed by atoms with Crippen LogP contribution in [0.25, 0.3) is 22.0 Å². The monoisotopic (exact) mass is 666 g/mol. The Labute approximate surface area is 259 Å². The molecule has 0 radical (unpaired) electrons. The Hall–Kier alpha value is -3.47. The lowest BCUT2D eigenvalue weighted by Gasteiger charge is -2.40. The van der Waals surface area contributed by atoms with Crippen molar-refractivity contribution in [2.45, 2.75) is 18.9 Å². The van der Waals surface area contributed by atoms with E-state index in [0.29, 0.717) is 58.5 Å². The molecule has 1 aliphatic heterocycles. The zero-order valence-electron chi connectivity index (χ0n) is 24.5. The van der Waals surface area contributed by atoms with Gasteiger partial charge < -0.3 is 18.9 Å². The third kappa shape index (κ3) is 6.62. The number of benzene rings is 2. The van der Waals surface area contributed by atoms with E-state index in [-0.39, 0.29) is 17.7 Å². The van der Waals surface area contributed by atoms with Gasteiger partial charge in [0.15, 0.2) is 5.78 Å². The van der Waals surface area contributed by atoms with Crippen LogP contribution in [0.15, 0.2) is 48.8 Å².